The minimum Gasteiger partial charge on any atom is -0.321 e. The number of carbonyl (C=O) groups excluding carboxylic acids is 1. The maximum absolute atomic E-state index is 12.5. The Bertz CT molecular complexity index is 746. The van der Waals surface area contributed by atoms with Crippen LogP contribution in [-0.4, -0.2) is 34.1 Å². The number of carbonyl (C=O) groups is 1. The van der Waals surface area contributed by atoms with E-state index in [-0.39, 0.29) is 11.8 Å². The van der Waals surface area contributed by atoms with Crippen LogP contribution < -0.4 is 5.32 Å². The predicted molar refractivity (Wildman–Crippen MR) is 108 cm³/mol. The molecule has 26 heavy (non-hydrogen) atoms. The van der Waals surface area contributed by atoms with E-state index in [1.54, 1.807) is 0 Å². The summed E-state index contributed by atoms with van der Waals surface area (Å²) in [6.45, 7) is 9.76. The molecule has 0 aliphatic carbocycles. The van der Waals surface area contributed by atoms with Crippen molar-refractivity contribution in [2.45, 2.75) is 46.1 Å². The van der Waals surface area contributed by atoms with Crippen molar-refractivity contribution in [1.82, 2.24) is 15.1 Å². The lowest BCUT2D eigenvalue weighted by molar-refractivity contribution is 0.102. The lowest BCUT2D eigenvalue weighted by Gasteiger charge is -2.30. The van der Waals surface area contributed by atoms with Crippen LogP contribution in [0.1, 0.15) is 61.3 Å². The Kier molecular flexibility index (Phi) is 6.14. The first kappa shape index (κ1) is 19.1. The third-order valence-electron chi connectivity index (χ3n) is 5.02. The fourth-order valence-electron chi connectivity index (χ4n) is 3.24. The number of nitrogens with zero attached hydrogens (tertiary/aromatic N) is 2. The Labute approximate surface area is 163 Å². The molecule has 1 fully saturated rings. The highest BCUT2D eigenvalue weighted by Gasteiger charge is 2.19. The molecular formula is C20H27BrN4O. The zero-order valence-corrected chi connectivity index (χ0v) is 17.3. The first-order chi connectivity index (χ1) is 12.4. The number of halogens is 1. The summed E-state index contributed by atoms with van der Waals surface area (Å²) in [6, 6.07) is 8.10. The standard InChI is InChI=1S/C20H27BrN4O/c1-13(2)18-17(21)19(24-23-18)20(26)22-16-6-4-15(5-7-16)12-25-10-8-14(3)9-11-25/h4-7,13-14H,8-12H2,1-3H3,(H,22,26)(H,23,24). The number of anilines is 1. The maximum atomic E-state index is 12.5. The zero-order valence-electron chi connectivity index (χ0n) is 15.7. The Morgan fingerprint density at radius 2 is 1.96 bits per heavy atom. The SMILES string of the molecule is CC1CCN(Cc2ccc(NC(=O)c3n[nH]c(C(C)C)c3Br)cc2)CC1. The van der Waals surface area contributed by atoms with E-state index in [4.69, 9.17) is 0 Å². The fourth-order valence-corrected chi connectivity index (χ4v) is 4.05. The van der Waals surface area contributed by atoms with Crippen LogP contribution in [0.4, 0.5) is 5.69 Å². The van der Waals surface area contributed by atoms with Gasteiger partial charge >= 0.3 is 0 Å². The molecule has 0 spiro atoms. The zero-order chi connectivity index (χ0) is 18.7. The number of nitrogens with one attached hydrogen (secondary N) is 2. The Balaban J connectivity index is 1.59. The molecule has 2 N–H and O–H groups in total. The number of rotatable bonds is 5. The van der Waals surface area contributed by atoms with Crippen LogP contribution in [0.3, 0.4) is 0 Å². The molecule has 1 aromatic carbocycles. The van der Waals surface area contributed by atoms with Crippen molar-refractivity contribution in [3.63, 3.8) is 0 Å². The molecule has 3 rings (SSSR count). The van der Waals surface area contributed by atoms with Gasteiger partial charge in [0.15, 0.2) is 5.69 Å². The van der Waals surface area contributed by atoms with Crippen molar-refractivity contribution < 1.29 is 4.79 Å². The molecule has 1 aromatic heterocycles. The molecule has 1 saturated heterocycles. The van der Waals surface area contributed by atoms with Gasteiger partial charge in [-0.2, -0.15) is 5.10 Å². The lowest BCUT2D eigenvalue weighted by atomic mass is 9.99. The average Bonchev–Trinajstić information content (AvgIpc) is 3.00. The van der Waals surface area contributed by atoms with E-state index < -0.39 is 0 Å². The summed E-state index contributed by atoms with van der Waals surface area (Å²) in [5.74, 6) is 0.912. The van der Waals surface area contributed by atoms with Gasteiger partial charge in [-0.1, -0.05) is 32.9 Å². The van der Waals surface area contributed by atoms with Crippen molar-refractivity contribution in [1.29, 1.82) is 0 Å². The molecule has 1 amide bonds. The van der Waals surface area contributed by atoms with E-state index in [1.807, 2.05) is 12.1 Å². The van der Waals surface area contributed by atoms with Gasteiger partial charge in [-0.05, 0) is 71.4 Å². The van der Waals surface area contributed by atoms with Gasteiger partial charge in [0.1, 0.15) is 0 Å². The first-order valence-electron chi connectivity index (χ1n) is 9.30. The number of aromatic nitrogens is 2. The van der Waals surface area contributed by atoms with Gasteiger partial charge in [0.25, 0.3) is 5.91 Å². The smallest absolute Gasteiger partial charge is 0.277 e. The van der Waals surface area contributed by atoms with E-state index in [0.717, 1.165) is 28.3 Å². The van der Waals surface area contributed by atoms with Gasteiger partial charge in [0.05, 0.1) is 10.2 Å². The summed E-state index contributed by atoms with van der Waals surface area (Å²) in [7, 11) is 0. The van der Waals surface area contributed by atoms with Crippen LogP contribution in [0, 0.1) is 5.92 Å². The molecule has 5 nitrogen and oxygen atoms in total. The summed E-state index contributed by atoms with van der Waals surface area (Å²) < 4.78 is 0.737. The summed E-state index contributed by atoms with van der Waals surface area (Å²) in [6.07, 6.45) is 2.57. The summed E-state index contributed by atoms with van der Waals surface area (Å²) in [5, 5.41) is 10.0. The lowest BCUT2D eigenvalue weighted by Crippen LogP contribution is -2.32. The molecule has 1 aliphatic heterocycles. The molecule has 0 saturated carbocycles. The molecule has 2 aromatic rings. The summed E-state index contributed by atoms with van der Waals surface area (Å²) >= 11 is 3.48. The molecule has 6 heteroatoms. The highest BCUT2D eigenvalue weighted by atomic mass is 79.9. The van der Waals surface area contributed by atoms with Crippen LogP contribution in [0.5, 0.6) is 0 Å². The second-order valence-corrected chi connectivity index (χ2v) is 8.36. The minimum absolute atomic E-state index is 0.210. The van der Waals surface area contributed by atoms with Crippen molar-refractivity contribution in [2.75, 3.05) is 18.4 Å². The van der Waals surface area contributed by atoms with Crippen LogP contribution in [0.25, 0.3) is 0 Å². The number of benzene rings is 1. The van der Waals surface area contributed by atoms with E-state index in [0.29, 0.717) is 5.69 Å². The van der Waals surface area contributed by atoms with Crippen LogP contribution >= 0.6 is 15.9 Å². The Hall–Kier alpha value is -1.66. The van der Waals surface area contributed by atoms with Crippen molar-refractivity contribution in [3.8, 4) is 0 Å². The molecule has 1 aliphatic rings. The van der Waals surface area contributed by atoms with Gasteiger partial charge in [0, 0.05) is 12.2 Å². The number of hydrogen-bond donors (Lipinski definition) is 2. The first-order valence-corrected chi connectivity index (χ1v) is 10.1. The number of likely N-dealkylation sites (tertiary alicyclic amines) is 1. The van der Waals surface area contributed by atoms with E-state index in [9.17, 15) is 4.79 Å². The molecule has 0 unspecified atom stereocenters. The highest BCUT2D eigenvalue weighted by Crippen LogP contribution is 2.26. The molecule has 2 heterocycles. The minimum atomic E-state index is -0.210. The second kappa shape index (κ2) is 8.35. The van der Waals surface area contributed by atoms with E-state index >= 15 is 0 Å². The molecular weight excluding hydrogens is 392 g/mol. The van der Waals surface area contributed by atoms with E-state index in [2.05, 4.69) is 69.2 Å². The van der Waals surface area contributed by atoms with Gasteiger partial charge in [-0.25, -0.2) is 0 Å². The third-order valence-corrected chi connectivity index (χ3v) is 5.82. The predicted octanol–water partition coefficient (Wildman–Crippen LogP) is 4.78. The molecule has 0 atom stereocenters. The number of hydrogen-bond acceptors (Lipinski definition) is 3. The number of H-pyrrole nitrogens is 1. The largest absolute Gasteiger partial charge is 0.321 e. The van der Waals surface area contributed by atoms with Gasteiger partial charge < -0.3 is 5.32 Å². The molecule has 140 valence electrons. The van der Waals surface area contributed by atoms with Crippen LogP contribution in [0.2, 0.25) is 0 Å². The third kappa shape index (κ3) is 4.54. The second-order valence-electron chi connectivity index (χ2n) is 7.56. The Morgan fingerprint density at radius 1 is 1.31 bits per heavy atom. The summed E-state index contributed by atoms with van der Waals surface area (Å²) in [5.41, 5.74) is 3.38. The maximum Gasteiger partial charge on any atom is 0.277 e. The highest BCUT2D eigenvalue weighted by molar-refractivity contribution is 9.10. The monoisotopic (exact) mass is 418 g/mol. The molecule has 0 radical (unpaired) electrons. The van der Waals surface area contributed by atoms with Crippen LogP contribution in [-0.2, 0) is 6.54 Å². The van der Waals surface area contributed by atoms with Gasteiger partial charge in [-0.3, -0.25) is 14.8 Å². The quantitative estimate of drug-likeness (QED) is 0.733. The van der Waals surface area contributed by atoms with Gasteiger partial charge in [-0.15, -0.1) is 0 Å². The average molecular weight is 419 g/mol. The van der Waals surface area contributed by atoms with Crippen molar-refractivity contribution in [2.24, 2.45) is 5.92 Å². The van der Waals surface area contributed by atoms with Crippen molar-refractivity contribution in [3.05, 3.63) is 45.7 Å². The van der Waals surface area contributed by atoms with Gasteiger partial charge in [0.2, 0.25) is 0 Å². The fraction of sp³-hybridized carbons (Fsp3) is 0.500. The topological polar surface area (TPSA) is 61.0 Å². The summed E-state index contributed by atoms with van der Waals surface area (Å²) in [4.78, 5) is 15.0. The normalized spacial score (nSPS) is 16.2. The van der Waals surface area contributed by atoms with Crippen molar-refractivity contribution >= 4 is 27.5 Å². The number of amides is 1. The van der Waals surface area contributed by atoms with E-state index in [1.165, 1.54) is 31.5 Å². The molecule has 0 bridgehead atoms. The number of aromatic amines is 1. The van der Waals surface area contributed by atoms with Crippen LogP contribution in [0.15, 0.2) is 28.7 Å². The Morgan fingerprint density at radius 3 is 2.54 bits per heavy atom. The number of piperidine rings is 1.